The second-order valence-corrected chi connectivity index (χ2v) is 6.74. The first kappa shape index (κ1) is 23.2. The first-order valence-corrected chi connectivity index (χ1v) is 8.76. The average Bonchev–Trinajstić information content (AvgIpc) is 3.06. The second kappa shape index (κ2) is 10.5. The Labute approximate surface area is 173 Å². The Bertz CT molecular complexity index is 728. The minimum atomic E-state index is -0.0897. The maximum Gasteiger partial charge on any atom is 0.276 e. The topological polar surface area (TPSA) is 68.5 Å². The van der Waals surface area contributed by atoms with Gasteiger partial charge in [-0.15, -0.1) is 24.8 Å². The molecule has 27 heavy (non-hydrogen) atoms. The van der Waals surface area contributed by atoms with E-state index in [1.54, 1.807) is 18.3 Å². The first-order valence-electron chi connectivity index (χ1n) is 8.76. The number of ether oxygens (including phenoxy) is 1. The van der Waals surface area contributed by atoms with Crippen LogP contribution in [0.2, 0.25) is 0 Å². The summed E-state index contributed by atoms with van der Waals surface area (Å²) in [7, 11) is 0. The summed E-state index contributed by atoms with van der Waals surface area (Å²) in [5.41, 5.74) is 7.59. The van der Waals surface area contributed by atoms with Crippen LogP contribution in [0.1, 0.15) is 35.8 Å². The zero-order valence-corrected chi connectivity index (χ0v) is 17.2. The summed E-state index contributed by atoms with van der Waals surface area (Å²) in [4.78, 5) is 19.2. The molecule has 0 bridgehead atoms. The summed E-state index contributed by atoms with van der Waals surface area (Å²) < 4.78 is 5.76. The Morgan fingerprint density at radius 1 is 1.19 bits per heavy atom. The van der Waals surface area contributed by atoms with Crippen LogP contribution in [0.15, 0.2) is 48.7 Å². The van der Waals surface area contributed by atoms with E-state index in [0.29, 0.717) is 31.1 Å². The van der Waals surface area contributed by atoms with Crippen molar-refractivity contribution in [2.24, 2.45) is 11.7 Å². The lowest BCUT2D eigenvalue weighted by Crippen LogP contribution is -2.31. The van der Waals surface area contributed by atoms with Crippen LogP contribution in [0.4, 0.5) is 0 Å². The Morgan fingerprint density at radius 2 is 1.89 bits per heavy atom. The number of nitrogens with two attached hydrogens (primary N) is 1. The smallest absolute Gasteiger partial charge is 0.276 e. The fourth-order valence-corrected chi connectivity index (χ4v) is 3.40. The Kier molecular flexibility index (Phi) is 9.03. The highest BCUT2D eigenvalue weighted by atomic mass is 35.5. The summed E-state index contributed by atoms with van der Waals surface area (Å²) in [6.45, 7) is 5.73. The molecule has 2 heterocycles. The number of aromatic nitrogens is 1. The van der Waals surface area contributed by atoms with Crippen LogP contribution in [0.5, 0.6) is 5.75 Å². The molecule has 1 fully saturated rings. The number of pyridine rings is 1. The highest BCUT2D eigenvalue weighted by molar-refractivity contribution is 5.95. The van der Waals surface area contributed by atoms with E-state index < -0.39 is 0 Å². The number of hydrogen-bond acceptors (Lipinski definition) is 4. The number of halogens is 2. The fourth-order valence-electron chi connectivity index (χ4n) is 3.40. The molecular weight excluding hydrogens is 385 g/mol. The molecule has 3 rings (SSSR count). The van der Waals surface area contributed by atoms with E-state index >= 15 is 0 Å². The number of nitrogens with zero attached hydrogens (tertiary/aromatic N) is 2. The Hall–Kier alpha value is -1.82. The van der Waals surface area contributed by atoms with Gasteiger partial charge in [0.1, 0.15) is 0 Å². The lowest BCUT2D eigenvalue weighted by molar-refractivity contribution is 0.0773. The molecule has 1 aromatic carbocycles. The SMILES string of the molecule is CC(C)Oc1cccnc1C(=O)N1C[C@@H](CN)[C@H](c2ccccc2)C1.Cl.Cl. The quantitative estimate of drug-likeness (QED) is 0.816. The third kappa shape index (κ3) is 5.34. The number of carbonyl (C=O) groups excluding carboxylic acids is 1. The number of carbonyl (C=O) groups is 1. The van der Waals surface area contributed by atoms with Crippen molar-refractivity contribution in [3.8, 4) is 5.75 Å². The molecule has 7 heteroatoms. The summed E-state index contributed by atoms with van der Waals surface area (Å²) >= 11 is 0. The van der Waals surface area contributed by atoms with Crippen molar-refractivity contribution in [1.82, 2.24) is 9.88 Å². The van der Waals surface area contributed by atoms with Crippen LogP contribution in [0.3, 0.4) is 0 Å². The summed E-state index contributed by atoms with van der Waals surface area (Å²) in [6, 6.07) is 13.9. The number of benzene rings is 1. The first-order chi connectivity index (χ1) is 12.1. The van der Waals surface area contributed by atoms with E-state index in [0.717, 1.165) is 0 Å². The van der Waals surface area contributed by atoms with Crippen LogP contribution < -0.4 is 10.5 Å². The zero-order valence-electron chi connectivity index (χ0n) is 15.6. The van der Waals surface area contributed by atoms with Crippen LogP contribution in [-0.4, -0.2) is 41.5 Å². The van der Waals surface area contributed by atoms with Crippen molar-refractivity contribution in [3.05, 3.63) is 59.9 Å². The van der Waals surface area contributed by atoms with Gasteiger partial charge in [-0.1, -0.05) is 30.3 Å². The second-order valence-electron chi connectivity index (χ2n) is 6.74. The molecule has 2 atom stereocenters. The van der Waals surface area contributed by atoms with Crippen LogP contribution in [-0.2, 0) is 0 Å². The largest absolute Gasteiger partial charge is 0.489 e. The van der Waals surface area contributed by atoms with E-state index in [-0.39, 0.29) is 48.7 Å². The highest BCUT2D eigenvalue weighted by Gasteiger charge is 2.36. The lowest BCUT2D eigenvalue weighted by atomic mass is 9.89. The number of likely N-dealkylation sites (tertiary alicyclic amines) is 1. The molecule has 2 N–H and O–H groups in total. The molecule has 1 saturated heterocycles. The molecule has 1 aromatic heterocycles. The summed E-state index contributed by atoms with van der Waals surface area (Å²) in [5.74, 6) is 0.959. The predicted octanol–water partition coefficient (Wildman–Crippen LogP) is 3.53. The zero-order chi connectivity index (χ0) is 17.8. The highest BCUT2D eigenvalue weighted by Crippen LogP contribution is 2.33. The molecule has 148 valence electrons. The minimum Gasteiger partial charge on any atom is -0.489 e. The van der Waals surface area contributed by atoms with E-state index in [2.05, 4.69) is 17.1 Å². The maximum absolute atomic E-state index is 13.0. The van der Waals surface area contributed by atoms with Gasteiger partial charge in [-0.25, -0.2) is 4.98 Å². The van der Waals surface area contributed by atoms with Gasteiger partial charge in [-0.2, -0.15) is 0 Å². The van der Waals surface area contributed by atoms with Crippen molar-refractivity contribution in [2.75, 3.05) is 19.6 Å². The minimum absolute atomic E-state index is 0. The molecule has 0 aliphatic carbocycles. The molecule has 5 nitrogen and oxygen atoms in total. The van der Waals surface area contributed by atoms with Gasteiger partial charge in [0, 0.05) is 25.2 Å². The van der Waals surface area contributed by atoms with Crippen LogP contribution >= 0.6 is 24.8 Å². The van der Waals surface area contributed by atoms with Crippen molar-refractivity contribution in [1.29, 1.82) is 0 Å². The number of amides is 1. The van der Waals surface area contributed by atoms with E-state index in [1.165, 1.54) is 5.56 Å². The van der Waals surface area contributed by atoms with Crippen molar-refractivity contribution < 1.29 is 9.53 Å². The molecule has 0 spiro atoms. The van der Waals surface area contributed by atoms with Gasteiger partial charge in [-0.05, 0) is 44.0 Å². The standard InChI is InChI=1S/C20H25N3O2.2ClH/c1-14(2)25-18-9-6-10-22-19(18)20(24)23-12-16(11-21)17(13-23)15-7-4-3-5-8-15;;/h3-10,14,16-17H,11-13,21H2,1-2H3;2*1H/t16-,17+;;/m1../s1. The average molecular weight is 412 g/mol. The monoisotopic (exact) mass is 411 g/mol. The molecule has 2 aromatic rings. The third-order valence-electron chi connectivity index (χ3n) is 4.59. The lowest BCUT2D eigenvalue weighted by Gasteiger charge is -2.19. The van der Waals surface area contributed by atoms with Gasteiger partial charge in [0.15, 0.2) is 11.4 Å². The molecule has 1 aliphatic heterocycles. The third-order valence-corrected chi connectivity index (χ3v) is 4.59. The van der Waals surface area contributed by atoms with Crippen LogP contribution in [0, 0.1) is 5.92 Å². The van der Waals surface area contributed by atoms with Gasteiger partial charge in [0.25, 0.3) is 5.91 Å². The van der Waals surface area contributed by atoms with Crippen molar-refractivity contribution >= 4 is 30.7 Å². The number of hydrogen-bond donors (Lipinski definition) is 1. The van der Waals surface area contributed by atoms with Crippen LogP contribution in [0.25, 0.3) is 0 Å². The normalized spacial score (nSPS) is 18.6. The van der Waals surface area contributed by atoms with Gasteiger partial charge >= 0.3 is 0 Å². The summed E-state index contributed by atoms with van der Waals surface area (Å²) in [6.07, 6.45) is 1.62. The molecular formula is C20H27Cl2N3O2. The predicted molar refractivity (Wildman–Crippen MR) is 112 cm³/mol. The molecule has 0 unspecified atom stereocenters. The van der Waals surface area contributed by atoms with Crippen molar-refractivity contribution in [3.63, 3.8) is 0 Å². The Morgan fingerprint density at radius 3 is 2.52 bits per heavy atom. The fraction of sp³-hybridized carbons (Fsp3) is 0.400. The maximum atomic E-state index is 13.0. The number of rotatable bonds is 5. The molecule has 1 amide bonds. The van der Waals surface area contributed by atoms with Gasteiger partial charge < -0.3 is 15.4 Å². The van der Waals surface area contributed by atoms with E-state index in [4.69, 9.17) is 10.5 Å². The van der Waals surface area contributed by atoms with Gasteiger partial charge in [0.05, 0.1) is 6.10 Å². The van der Waals surface area contributed by atoms with Gasteiger partial charge in [-0.3, -0.25) is 4.79 Å². The Balaban J connectivity index is 0.00000182. The summed E-state index contributed by atoms with van der Waals surface area (Å²) in [5, 5.41) is 0. The molecule has 1 aliphatic rings. The van der Waals surface area contributed by atoms with E-state index in [1.807, 2.05) is 36.9 Å². The van der Waals surface area contributed by atoms with Gasteiger partial charge in [0.2, 0.25) is 0 Å². The van der Waals surface area contributed by atoms with E-state index in [9.17, 15) is 4.79 Å². The molecule has 0 radical (unpaired) electrons. The van der Waals surface area contributed by atoms with Crippen molar-refractivity contribution in [2.45, 2.75) is 25.9 Å². The molecule has 0 saturated carbocycles.